The zero-order valence-electron chi connectivity index (χ0n) is 14.3. The lowest BCUT2D eigenvalue weighted by Gasteiger charge is -2.16. The smallest absolute Gasteiger partial charge is 0.251 e. The summed E-state index contributed by atoms with van der Waals surface area (Å²) in [6.07, 6.45) is 0. The van der Waals surface area contributed by atoms with Crippen LogP contribution >= 0.6 is 11.6 Å². The van der Waals surface area contributed by atoms with Crippen LogP contribution in [0, 0.1) is 5.82 Å². The first-order valence-electron chi connectivity index (χ1n) is 7.57. The molecule has 1 amide bonds. The van der Waals surface area contributed by atoms with E-state index in [4.69, 9.17) is 16.3 Å². The Labute approximate surface area is 156 Å². The summed E-state index contributed by atoms with van der Waals surface area (Å²) in [7, 11) is -1.19. The molecule has 0 saturated carbocycles. The van der Waals surface area contributed by atoms with Crippen LogP contribution < -0.4 is 14.8 Å². The van der Waals surface area contributed by atoms with E-state index >= 15 is 0 Å². The van der Waals surface area contributed by atoms with Crippen molar-refractivity contribution in [2.45, 2.75) is 17.9 Å². The second-order valence-corrected chi connectivity index (χ2v) is 7.70. The van der Waals surface area contributed by atoms with E-state index in [1.54, 1.807) is 13.0 Å². The van der Waals surface area contributed by atoms with Gasteiger partial charge in [0.05, 0.1) is 18.2 Å². The molecular weight excluding hydrogens is 383 g/mol. The highest BCUT2D eigenvalue weighted by atomic mass is 35.5. The molecule has 140 valence electrons. The number of nitrogens with one attached hydrogen (secondary N) is 2. The summed E-state index contributed by atoms with van der Waals surface area (Å²) in [6.45, 7) is 1.68. The van der Waals surface area contributed by atoms with Crippen LogP contribution in [-0.2, 0) is 10.0 Å². The van der Waals surface area contributed by atoms with E-state index in [1.807, 2.05) is 0 Å². The van der Waals surface area contributed by atoms with Gasteiger partial charge < -0.3 is 10.1 Å². The molecule has 0 spiro atoms. The van der Waals surface area contributed by atoms with E-state index < -0.39 is 27.8 Å². The topological polar surface area (TPSA) is 84.5 Å². The molecule has 0 aliphatic carbocycles. The maximum Gasteiger partial charge on any atom is 0.251 e. The Morgan fingerprint density at radius 3 is 2.50 bits per heavy atom. The Morgan fingerprint density at radius 2 is 1.92 bits per heavy atom. The quantitative estimate of drug-likeness (QED) is 0.780. The molecule has 2 aromatic carbocycles. The summed E-state index contributed by atoms with van der Waals surface area (Å²) >= 11 is 5.91. The van der Waals surface area contributed by atoms with E-state index in [1.165, 1.54) is 44.5 Å². The first-order chi connectivity index (χ1) is 12.2. The minimum absolute atomic E-state index is 0.00109. The van der Waals surface area contributed by atoms with Gasteiger partial charge in [-0.3, -0.25) is 4.79 Å². The minimum Gasteiger partial charge on any atom is -0.494 e. The van der Waals surface area contributed by atoms with Crippen molar-refractivity contribution in [2.24, 2.45) is 0 Å². The van der Waals surface area contributed by atoms with Crippen LogP contribution in [0.25, 0.3) is 0 Å². The standard InChI is InChI=1S/C17H18ClFN2O4S/c1-10(11-5-7-15(25-3)14(19)8-11)21-17(22)12-4-6-13(18)16(9-12)26(23,24)20-2/h4-10,20H,1-3H3,(H,21,22)/t10-/m1/s1. The number of amides is 1. The summed E-state index contributed by atoms with van der Waals surface area (Å²) in [5.41, 5.74) is 0.651. The van der Waals surface area contributed by atoms with E-state index in [0.29, 0.717) is 5.56 Å². The van der Waals surface area contributed by atoms with E-state index in [2.05, 4.69) is 10.0 Å². The van der Waals surface area contributed by atoms with Crippen molar-refractivity contribution in [3.05, 3.63) is 58.4 Å². The third kappa shape index (κ3) is 4.32. The average Bonchev–Trinajstić information content (AvgIpc) is 2.61. The summed E-state index contributed by atoms with van der Waals surface area (Å²) in [5.74, 6) is -0.954. The van der Waals surface area contributed by atoms with Crippen molar-refractivity contribution < 1.29 is 22.3 Å². The number of carbonyl (C=O) groups is 1. The molecule has 0 radical (unpaired) electrons. The van der Waals surface area contributed by atoms with Gasteiger partial charge in [0.15, 0.2) is 11.6 Å². The van der Waals surface area contributed by atoms with E-state index in [-0.39, 0.29) is 21.2 Å². The van der Waals surface area contributed by atoms with Crippen LogP contribution in [0.15, 0.2) is 41.3 Å². The number of benzene rings is 2. The molecule has 2 rings (SSSR count). The molecule has 2 aromatic rings. The maximum atomic E-state index is 13.8. The summed E-state index contributed by atoms with van der Waals surface area (Å²) in [4.78, 5) is 12.2. The summed E-state index contributed by atoms with van der Waals surface area (Å²) in [5, 5.41) is 2.69. The lowest BCUT2D eigenvalue weighted by atomic mass is 10.1. The van der Waals surface area contributed by atoms with Crippen LogP contribution in [0.4, 0.5) is 4.39 Å². The van der Waals surface area contributed by atoms with Crippen LogP contribution in [0.1, 0.15) is 28.9 Å². The van der Waals surface area contributed by atoms with Gasteiger partial charge in [0.1, 0.15) is 4.90 Å². The van der Waals surface area contributed by atoms with Gasteiger partial charge in [0.25, 0.3) is 5.91 Å². The predicted molar refractivity (Wildman–Crippen MR) is 96.5 cm³/mol. The number of halogens is 2. The molecule has 6 nitrogen and oxygen atoms in total. The molecule has 0 fully saturated rings. The predicted octanol–water partition coefficient (Wildman–Crippen LogP) is 2.89. The molecular formula is C17H18ClFN2O4S. The Kier molecular flexibility index (Phi) is 6.22. The van der Waals surface area contributed by atoms with Crippen LogP contribution in [0.2, 0.25) is 5.02 Å². The Hall–Kier alpha value is -2.16. The highest BCUT2D eigenvalue weighted by molar-refractivity contribution is 7.89. The first kappa shape index (κ1) is 20.2. The van der Waals surface area contributed by atoms with Gasteiger partial charge in [-0.05, 0) is 49.9 Å². The number of hydrogen-bond acceptors (Lipinski definition) is 4. The SMILES string of the molecule is CNS(=O)(=O)c1cc(C(=O)N[C@H](C)c2ccc(OC)c(F)c2)ccc1Cl. The number of rotatable bonds is 6. The van der Waals surface area contributed by atoms with Crippen LogP contribution in [-0.4, -0.2) is 28.5 Å². The zero-order chi connectivity index (χ0) is 19.5. The van der Waals surface area contributed by atoms with Crippen molar-refractivity contribution in [1.29, 1.82) is 0 Å². The maximum absolute atomic E-state index is 13.8. The Bertz CT molecular complexity index is 934. The second-order valence-electron chi connectivity index (χ2n) is 5.44. The average molecular weight is 401 g/mol. The number of sulfonamides is 1. The minimum atomic E-state index is -3.80. The number of hydrogen-bond donors (Lipinski definition) is 2. The monoisotopic (exact) mass is 400 g/mol. The van der Waals surface area contributed by atoms with Gasteiger partial charge in [-0.15, -0.1) is 0 Å². The fourth-order valence-electron chi connectivity index (χ4n) is 2.28. The fourth-order valence-corrected chi connectivity index (χ4v) is 3.52. The largest absolute Gasteiger partial charge is 0.494 e. The molecule has 0 saturated heterocycles. The van der Waals surface area contributed by atoms with Crippen LogP contribution in [0.5, 0.6) is 5.75 Å². The molecule has 0 aromatic heterocycles. The normalized spacial score (nSPS) is 12.5. The van der Waals surface area contributed by atoms with Gasteiger partial charge in [-0.25, -0.2) is 17.5 Å². The third-order valence-electron chi connectivity index (χ3n) is 3.78. The molecule has 0 unspecified atom stereocenters. The molecule has 1 atom stereocenters. The highest BCUT2D eigenvalue weighted by Crippen LogP contribution is 2.24. The molecule has 26 heavy (non-hydrogen) atoms. The first-order valence-corrected chi connectivity index (χ1v) is 9.43. The van der Waals surface area contributed by atoms with Gasteiger partial charge >= 0.3 is 0 Å². The summed E-state index contributed by atoms with van der Waals surface area (Å²) in [6, 6.07) is 7.78. The van der Waals surface area contributed by atoms with Crippen LogP contribution in [0.3, 0.4) is 0 Å². The molecule has 9 heteroatoms. The lowest BCUT2D eigenvalue weighted by Crippen LogP contribution is -2.27. The molecule has 0 aliphatic heterocycles. The van der Waals surface area contributed by atoms with Crippen molar-refractivity contribution in [3.63, 3.8) is 0 Å². The Morgan fingerprint density at radius 1 is 1.23 bits per heavy atom. The molecule has 0 bridgehead atoms. The number of methoxy groups -OCH3 is 1. The molecule has 0 heterocycles. The molecule has 2 N–H and O–H groups in total. The van der Waals surface area contributed by atoms with Gasteiger partial charge in [-0.1, -0.05) is 17.7 Å². The van der Waals surface area contributed by atoms with Gasteiger partial charge in [-0.2, -0.15) is 0 Å². The fraction of sp³-hybridized carbons (Fsp3) is 0.235. The summed E-state index contributed by atoms with van der Waals surface area (Å²) < 4.78 is 44.7. The van der Waals surface area contributed by atoms with Gasteiger partial charge in [0.2, 0.25) is 10.0 Å². The van der Waals surface area contributed by atoms with Crippen molar-refractivity contribution >= 4 is 27.5 Å². The third-order valence-corrected chi connectivity index (χ3v) is 5.67. The lowest BCUT2D eigenvalue weighted by molar-refractivity contribution is 0.0939. The Balaban J connectivity index is 2.25. The number of carbonyl (C=O) groups excluding carboxylic acids is 1. The van der Waals surface area contributed by atoms with Crippen molar-refractivity contribution in [1.82, 2.24) is 10.0 Å². The van der Waals surface area contributed by atoms with Crippen molar-refractivity contribution in [3.8, 4) is 5.75 Å². The van der Waals surface area contributed by atoms with E-state index in [0.717, 1.165) is 0 Å². The van der Waals surface area contributed by atoms with Crippen molar-refractivity contribution in [2.75, 3.05) is 14.2 Å². The highest BCUT2D eigenvalue weighted by Gasteiger charge is 2.20. The van der Waals surface area contributed by atoms with E-state index in [9.17, 15) is 17.6 Å². The van der Waals surface area contributed by atoms with Gasteiger partial charge in [0, 0.05) is 5.56 Å². The number of ether oxygens (including phenoxy) is 1. The zero-order valence-corrected chi connectivity index (χ0v) is 15.9. The molecule has 0 aliphatic rings. The second kappa shape index (κ2) is 8.03.